The summed E-state index contributed by atoms with van der Waals surface area (Å²) < 4.78 is 13.5. The van der Waals surface area contributed by atoms with Crippen molar-refractivity contribution in [2.75, 3.05) is 14.1 Å². The van der Waals surface area contributed by atoms with Gasteiger partial charge >= 0.3 is 0 Å². The zero-order valence-electron chi connectivity index (χ0n) is 20.1. The van der Waals surface area contributed by atoms with Crippen LogP contribution in [0.5, 0.6) is 0 Å². The second-order valence-electron chi connectivity index (χ2n) is 9.15. The smallest absolute Gasteiger partial charge is 0.276 e. The number of fused-ring (bicyclic) bond motifs is 1. The Morgan fingerprint density at radius 3 is 3.00 bits per heavy atom. The number of H-pyrrole nitrogens is 1. The maximum atomic E-state index is 13.5. The zero-order chi connectivity index (χ0) is 24.8. The summed E-state index contributed by atoms with van der Waals surface area (Å²) in [5, 5.41) is 17.8. The molecule has 0 bridgehead atoms. The van der Waals surface area contributed by atoms with Crippen molar-refractivity contribution in [2.45, 2.75) is 44.8 Å². The number of aromatic amines is 1. The Kier molecular flexibility index (Phi) is 7.82. The van der Waals surface area contributed by atoms with Crippen LogP contribution in [0.2, 0.25) is 0 Å². The molecule has 2 aromatic heterocycles. The van der Waals surface area contributed by atoms with Gasteiger partial charge in [0.15, 0.2) is 5.69 Å². The summed E-state index contributed by atoms with van der Waals surface area (Å²) in [4.78, 5) is 19.5. The van der Waals surface area contributed by atoms with E-state index in [4.69, 9.17) is 5.41 Å². The van der Waals surface area contributed by atoms with Crippen molar-refractivity contribution in [1.82, 2.24) is 25.4 Å². The molecule has 1 unspecified atom stereocenters. The minimum absolute atomic E-state index is 0.342. The molecule has 8 heteroatoms. The average molecular weight is 475 g/mol. The number of carbonyl (C=O) groups excluding carboxylic acids is 1. The number of amides is 1. The normalized spacial score (nSPS) is 17.6. The SMILES string of the molecule is CN(C)Cc1cncc(C2=CCc3[nH]nc(C(=O)N/C(C=N)=C/CCC4=CC(F)CC=C4)c3C2)c1. The maximum absolute atomic E-state index is 13.5. The van der Waals surface area contributed by atoms with Crippen molar-refractivity contribution in [3.8, 4) is 0 Å². The lowest BCUT2D eigenvalue weighted by Gasteiger charge is -2.16. The predicted octanol–water partition coefficient (Wildman–Crippen LogP) is 4.32. The van der Waals surface area contributed by atoms with Gasteiger partial charge in [0.25, 0.3) is 5.91 Å². The predicted molar refractivity (Wildman–Crippen MR) is 136 cm³/mol. The van der Waals surface area contributed by atoms with E-state index in [1.807, 2.05) is 38.6 Å². The molecule has 1 atom stereocenters. The first-order chi connectivity index (χ1) is 16.9. The van der Waals surface area contributed by atoms with Gasteiger partial charge in [-0.2, -0.15) is 5.10 Å². The van der Waals surface area contributed by atoms with E-state index in [2.05, 4.69) is 37.5 Å². The number of hydrogen-bond donors (Lipinski definition) is 3. The number of aromatic nitrogens is 3. The fourth-order valence-electron chi connectivity index (χ4n) is 4.37. The number of hydrogen-bond acceptors (Lipinski definition) is 5. The fraction of sp³-hybridized carbons (Fsp3) is 0.333. The Balaban J connectivity index is 1.43. The second kappa shape index (κ2) is 11.2. The standard InChI is InChI=1S/C27H31FN6O/c1-34(2)17-19-11-21(16-30-15-19)20-9-10-25-24(13-20)26(33-32-25)27(35)31-23(14-29)8-4-6-18-5-3-7-22(28)12-18/h3,5,8-9,11-12,14-16,22,29H,4,6-7,10,13,17H2,1-2H3,(H,31,35)(H,32,33)/b23-8+,29-14?. The van der Waals surface area contributed by atoms with E-state index in [9.17, 15) is 9.18 Å². The van der Waals surface area contributed by atoms with Gasteiger partial charge in [-0.3, -0.25) is 14.9 Å². The molecule has 35 heavy (non-hydrogen) atoms. The lowest BCUT2D eigenvalue weighted by molar-refractivity contribution is 0.0962. The molecule has 0 saturated heterocycles. The van der Waals surface area contributed by atoms with Gasteiger partial charge in [-0.05, 0) is 61.4 Å². The van der Waals surface area contributed by atoms with E-state index >= 15 is 0 Å². The largest absolute Gasteiger partial charge is 0.319 e. The van der Waals surface area contributed by atoms with Crippen LogP contribution in [0, 0.1) is 5.41 Å². The van der Waals surface area contributed by atoms with Gasteiger partial charge in [-0.1, -0.05) is 24.3 Å². The molecule has 182 valence electrons. The first kappa shape index (κ1) is 24.5. The number of nitrogens with one attached hydrogen (secondary N) is 3. The van der Waals surface area contributed by atoms with Crippen molar-refractivity contribution >= 4 is 17.7 Å². The summed E-state index contributed by atoms with van der Waals surface area (Å²) >= 11 is 0. The van der Waals surface area contributed by atoms with Crippen LogP contribution < -0.4 is 5.32 Å². The Labute approximate surface area is 205 Å². The fourth-order valence-corrected chi connectivity index (χ4v) is 4.37. The Morgan fingerprint density at radius 1 is 1.37 bits per heavy atom. The van der Waals surface area contributed by atoms with E-state index in [1.54, 1.807) is 12.2 Å². The minimum Gasteiger partial charge on any atom is -0.319 e. The van der Waals surface area contributed by atoms with Crippen molar-refractivity contribution in [3.05, 3.63) is 88.2 Å². The first-order valence-corrected chi connectivity index (χ1v) is 11.8. The van der Waals surface area contributed by atoms with Crippen molar-refractivity contribution < 1.29 is 9.18 Å². The van der Waals surface area contributed by atoms with E-state index in [0.717, 1.165) is 46.3 Å². The maximum Gasteiger partial charge on any atom is 0.276 e. The number of rotatable bonds is 9. The molecule has 0 spiro atoms. The molecular formula is C27H31FN6O. The van der Waals surface area contributed by atoms with E-state index in [-0.39, 0.29) is 5.91 Å². The lowest BCUT2D eigenvalue weighted by atomic mass is 9.90. The number of nitrogens with zero attached hydrogens (tertiary/aromatic N) is 3. The van der Waals surface area contributed by atoms with Gasteiger partial charge in [-0.25, -0.2) is 4.39 Å². The van der Waals surface area contributed by atoms with Gasteiger partial charge in [0.2, 0.25) is 0 Å². The van der Waals surface area contributed by atoms with Gasteiger partial charge in [-0.15, -0.1) is 0 Å². The van der Waals surface area contributed by atoms with Gasteiger partial charge in [0.05, 0.1) is 5.70 Å². The molecule has 2 heterocycles. The van der Waals surface area contributed by atoms with Crippen molar-refractivity contribution in [1.29, 1.82) is 5.41 Å². The van der Waals surface area contributed by atoms with Crippen LogP contribution >= 0.6 is 0 Å². The number of halogens is 1. The summed E-state index contributed by atoms with van der Waals surface area (Å²) in [6.45, 7) is 0.805. The summed E-state index contributed by atoms with van der Waals surface area (Å²) in [5.74, 6) is -0.349. The third-order valence-electron chi connectivity index (χ3n) is 6.05. The van der Waals surface area contributed by atoms with E-state index < -0.39 is 6.17 Å². The molecular weight excluding hydrogens is 443 g/mol. The Bertz CT molecular complexity index is 1220. The van der Waals surface area contributed by atoms with Crippen molar-refractivity contribution in [3.63, 3.8) is 0 Å². The summed E-state index contributed by atoms with van der Waals surface area (Å²) in [6, 6.07) is 2.14. The molecule has 0 saturated carbocycles. The van der Waals surface area contributed by atoms with Crippen LogP contribution in [0.4, 0.5) is 4.39 Å². The highest BCUT2D eigenvalue weighted by Crippen LogP contribution is 2.29. The lowest BCUT2D eigenvalue weighted by Crippen LogP contribution is -2.25. The minimum atomic E-state index is -0.933. The summed E-state index contributed by atoms with van der Waals surface area (Å²) in [7, 11) is 4.05. The Morgan fingerprint density at radius 2 is 2.23 bits per heavy atom. The average Bonchev–Trinajstić information content (AvgIpc) is 3.26. The van der Waals surface area contributed by atoms with Gasteiger partial charge < -0.3 is 15.6 Å². The van der Waals surface area contributed by atoms with Gasteiger partial charge in [0.1, 0.15) is 6.17 Å². The van der Waals surface area contributed by atoms with Crippen LogP contribution in [-0.4, -0.2) is 52.5 Å². The van der Waals surface area contributed by atoms with Crippen LogP contribution in [0.25, 0.3) is 5.57 Å². The van der Waals surface area contributed by atoms with E-state index in [1.165, 1.54) is 0 Å². The molecule has 4 rings (SSSR count). The number of carbonyl (C=O) groups is 1. The molecule has 0 aliphatic heterocycles. The highest BCUT2D eigenvalue weighted by atomic mass is 19.1. The van der Waals surface area contributed by atoms with E-state index in [0.29, 0.717) is 43.5 Å². The second-order valence-corrected chi connectivity index (χ2v) is 9.15. The molecule has 1 amide bonds. The van der Waals surface area contributed by atoms with Crippen LogP contribution in [0.1, 0.15) is 52.1 Å². The highest BCUT2D eigenvalue weighted by Gasteiger charge is 2.24. The number of pyridine rings is 1. The number of alkyl halides is 1. The molecule has 0 fully saturated rings. The molecule has 2 aliphatic rings. The van der Waals surface area contributed by atoms with Gasteiger partial charge in [0, 0.05) is 55.7 Å². The molecule has 3 N–H and O–H groups in total. The molecule has 7 nitrogen and oxygen atoms in total. The summed E-state index contributed by atoms with van der Waals surface area (Å²) in [6.07, 6.45) is 16.1. The number of allylic oxidation sites excluding steroid dienone is 8. The Hall–Kier alpha value is -3.65. The molecule has 0 radical (unpaired) electrons. The van der Waals surface area contributed by atoms with Crippen LogP contribution in [0.3, 0.4) is 0 Å². The molecule has 2 aromatic rings. The molecule has 2 aliphatic carbocycles. The zero-order valence-corrected chi connectivity index (χ0v) is 20.1. The quantitative estimate of drug-likeness (QED) is 0.472. The van der Waals surface area contributed by atoms with Crippen molar-refractivity contribution in [2.24, 2.45) is 0 Å². The third-order valence-corrected chi connectivity index (χ3v) is 6.05. The summed E-state index contributed by atoms with van der Waals surface area (Å²) in [5.41, 5.74) is 6.76. The first-order valence-electron chi connectivity index (χ1n) is 11.8. The highest BCUT2D eigenvalue weighted by molar-refractivity contribution is 5.99. The molecule has 0 aromatic carbocycles. The van der Waals surface area contributed by atoms with Crippen LogP contribution in [-0.2, 0) is 19.4 Å². The monoisotopic (exact) mass is 474 g/mol. The topological polar surface area (TPSA) is 97.8 Å². The third kappa shape index (κ3) is 6.27. The van der Waals surface area contributed by atoms with Crippen LogP contribution in [0.15, 0.2) is 60.1 Å².